The smallest absolute Gasteiger partial charge is 0.267 e. The molecule has 0 aromatic heterocycles. The average Bonchev–Trinajstić information content (AvgIpc) is 2.63. The van der Waals surface area contributed by atoms with E-state index in [4.69, 9.17) is 4.74 Å². The molecule has 26 heavy (non-hydrogen) atoms. The first-order valence-electron chi connectivity index (χ1n) is 8.88. The van der Waals surface area contributed by atoms with Crippen molar-refractivity contribution in [2.45, 2.75) is 39.3 Å². The van der Waals surface area contributed by atoms with Gasteiger partial charge in [-0.2, -0.15) is 0 Å². The zero-order valence-corrected chi connectivity index (χ0v) is 15.4. The van der Waals surface area contributed by atoms with E-state index in [1.54, 1.807) is 11.8 Å². The fourth-order valence-electron chi connectivity index (χ4n) is 3.10. The van der Waals surface area contributed by atoms with Gasteiger partial charge in [0, 0.05) is 13.0 Å². The number of benzene rings is 2. The van der Waals surface area contributed by atoms with Gasteiger partial charge in [0.05, 0.1) is 11.7 Å². The van der Waals surface area contributed by atoms with Crippen molar-refractivity contribution in [2.24, 2.45) is 0 Å². The molecular formula is C21H24N2O3. The number of fused-ring (bicyclic) bond motifs is 1. The van der Waals surface area contributed by atoms with Gasteiger partial charge in [0.15, 0.2) is 6.10 Å². The van der Waals surface area contributed by atoms with Crippen LogP contribution in [0.5, 0.6) is 5.75 Å². The second kappa shape index (κ2) is 7.60. The Hall–Kier alpha value is -2.82. The van der Waals surface area contributed by atoms with Gasteiger partial charge in [0.25, 0.3) is 5.91 Å². The molecule has 0 saturated heterocycles. The third-order valence-electron chi connectivity index (χ3n) is 4.56. The van der Waals surface area contributed by atoms with Crippen LogP contribution >= 0.6 is 0 Å². The van der Waals surface area contributed by atoms with Crippen molar-refractivity contribution in [1.29, 1.82) is 0 Å². The molecule has 2 aromatic carbocycles. The quantitative estimate of drug-likeness (QED) is 0.897. The van der Waals surface area contributed by atoms with Gasteiger partial charge in [-0.05, 0) is 44.0 Å². The fourth-order valence-corrected chi connectivity index (χ4v) is 3.10. The lowest BCUT2D eigenvalue weighted by Crippen LogP contribution is -2.46. The van der Waals surface area contributed by atoms with Crippen molar-refractivity contribution < 1.29 is 14.3 Å². The number of amides is 2. The van der Waals surface area contributed by atoms with Gasteiger partial charge in [0.2, 0.25) is 5.91 Å². The molecule has 5 heteroatoms. The number of aryl methyl sites for hydroxylation is 1. The molecule has 3 rings (SSSR count). The predicted molar refractivity (Wildman–Crippen MR) is 101 cm³/mol. The SMILES string of the molecule is Cc1ccc2c(c1)N(CCC(=O)N[C@@H](C)c1ccccc1)C(=O)[C@H](C)O2. The molecule has 0 spiro atoms. The molecule has 1 aliphatic heterocycles. The Bertz CT molecular complexity index is 804. The van der Waals surface area contributed by atoms with Crippen LogP contribution in [0.2, 0.25) is 0 Å². The molecule has 2 aromatic rings. The molecule has 0 fully saturated rings. The van der Waals surface area contributed by atoms with E-state index in [0.29, 0.717) is 12.3 Å². The minimum atomic E-state index is -0.545. The number of anilines is 1. The zero-order valence-electron chi connectivity index (χ0n) is 15.4. The molecule has 1 heterocycles. The predicted octanol–water partition coefficient (Wildman–Crippen LogP) is 3.38. The summed E-state index contributed by atoms with van der Waals surface area (Å²) >= 11 is 0. The van der Waals surface area contributed by atoms with Crippen LogP contribution in [-0.4, -0.2) is 24.5 Å². The first kappa shape index (κ1) is 18.0. The van der Waals surface area contributed by atoms with Gasteiger partial charge in [0.1, 0.15) is 5.75 Å². The van der Waals surface area contributed by atoms with E-state index >= 15 is 0 Å². The minimum Gasteiger partial charge on any atom is -0.479 e. The van der Waals surface area contributed by atoms with E-state index in [0.717, 1.165) is 16.8 Å². The largest absolute Gasteiger partial charge is 0.479 e. The number of carbonyl (C=O) groups is 2. The van der Waals surface area contributed by atoms with Gasteiger partial charge < -0.3 is 15.0 Å². The van der Waals surface area contributed by atoms with E-state index in [2.05, 4.69) is 5.32 Å². The van der Waals surface area contributed by atoms with Gasteiger partial charge in [-0.25, -0.2) is 0 Å². The van der Waals surface area contributed by atoms with Crippen molar-refractivity contribution in [3.8, 4) is 5.75 Å². The molecular weight excluding hydrogens is 328 g/mol. The average molecular weight is 352 g/mol. The van der Waals surface area contributed by atoms with Crippen molar-refractivity contribution in [1.82, 2.24) is 5.32 Å². The van der Waals surface area contributed by atoms with E-state index in [9.17, 15) is 9.59 Å². The number of nitrogens with one attached hydrogen (secondary N) is 1. The lowest BCUT2D eigenvalue weighted by molar-refractivity contribution is -0.125. The van der Waals surface area contributed by atoms with E-state index in [1.807, 2.05) is 62.4 Å². The van der Waals surface area contributed by atoms with Gasteiger partial charge >= 0.3 is 0 Å². The summed E-state index contributed by atoms with van der Waals surface area (Å²) in [4.78, 5) is 26.5. The Balaban J connectivity index is 1.66. The third kappa shape index (κ3) is 3.87. The summed E-state index contributed by atoms with van der Waals surface area (Å²) < 4.78 is 5.67. The van der Waals surface area contributed by atoms with Crippen LogP contribution in [-0.2, 0) is 9.59 Å². The normalized spacial score (nSPS) is 17.3. The number of hydrogen-bond acceptors (Lipinski definition) is 3. The molecule has 0 unspecified atom stereocenters. The summed E-state index contributed by atoms with van der Waals surface area (Å²) in [6.07, 6.45) is -0.306. The maximum atomic E-state index is 12.5. The monoisotopic (exact) mass is 352 g/mol. The highest BCUT2D eigenvalue weighted by atomic mass is 16.5. The molecule has 2 atom stereocenters. The molecule has 0 bridgehead atoms. The van der Waals surface area contributed by atoms with Crippen LogP contribution in [0.1, 0.15) is 37.4 Å². The zero-order chi connectivity index (χ0) is 18.7. The van der Waals surface area contributed by atoms with Crippen LogP contribution in [0, 0.1) is 6.92 Å². The maximum absolute atomic E-state index is 12.5. The highest BCUT2D eigenvalue weighted by Crippen LogP contribution is 2.34. The van der Waals surface area contributed by atoms with Crippen molar-refractivity contribution in [2.75, 3.05) is 11.4 Å². The summed E-state index contributed by atoms with van der Waals surface area (Å²) in [7, 11) is 0. The number of hydrogen-bond donors (Lipinski definition) is 1. The first-order chi connectivity index (χ1) is 12.5. The summed E-state index contributed by atoms with van der Waals surface area (Å²) in [5.41, 5.74) is 2.83. The van der Waals surface area contributed by atoms with Crippen LogP contribution in [0.3, 0.4) is 0 Å². The van der Waals surface area contributed by atoms with E-state index in [-0.39, 0.29) is 24.3 Å². The van der Waals surface area contributed by atoms with Gasteiger partial charge in [-0.3, -0.25) is 9.59 Å². The van der Waals surface area contributed by atoms with Crippen LogP contribution < -0.4 is 15.0 Å². The lowest BCUT2D eigenvalue weighted by atomic mass is 10.1. The molecule has 1 N–H and O–H groups in total. The summed E-state index contributed by atoms with van der Waals surface area (Å²) in [6.45, 7) is 5.98. The maximum Gasteiger partial charge on any atom is 0.267 e. The fraction of sp³-hybridized carbons (Fsp3) is 0.333. The topological polar surface area (TPSA) is 58.6 Å². The number of rotatable bonds is 5. The summed E-state index contributed by atoms with van der Waals surface area (Å²) in [5, 5.41) is 2.99. The lowest BCUT2D eigenvalue weighted by Gasteiger charge is -2.33. The molecule has 0 radical (unpaired) electrons. The summed E-state index contributed by atoms with van der Waals surface area (Å²) in [6, 6.07) is 15.5. The molecule has 0 saturated carbocycles. The van der Waals surface area contributed by atoms with E-state index < -0.39 is 6.10 Å². The van der Waals surface area contributed by atoms with Gasteiger partial charge in [-0.15, -0.1) is 0 Å². The Labute approximate surface area is 154 Å². The second-order valence-corrected chi connectivity index (χ2v) is 6.67. The number of ether oxygens (including phenoxy) is 1. The number of nitrogens with zero attached hydrogens (tertiary/aromatic N) is 1. The van der Waals surface area contributed by atoms with Crippen LogP contribution in [0.25, 0.3) is 0 Å². The first-order valence-corrected chi connectivity index (χ1v) is 8.88. The Morgan fingerprint density at radius 3 is 2.69 bits per heavy atom. The molecule has 2 amide bonds. The van der Waals surface area contributed by atoms with Crippen molar-refractivity contribution in [3.63, 3.8) is 0 Å². The standard InChI is InChI=1S/C21H24N2O3/c1-14-9-10-19-18(13-14)23(21(25)16(3)26-19)12-11-20(24)22-15(2)17-7-5-4-6-8-17/h4-10,13,15-16H,11-12H2,1-3H3,(H,22,24)/t15-,16-/m0/s1. The number of carbonyl (C=O) groups excluding carboxylic acids is 2. The van der Waals surface area contributed by atoms with Crippen molar-refractivity contribution >= 4 is 17.5 Å². The van der Waals surface area contributed by atoms with E-state index in [1.165, 1.54) is 0 Å². The Morgan fingerprint density at radius 1 is 1.23 bits per heavy atom. The molecule has 5 nitrogen and oxygen atoms in total. The third-order valence-corrected chi connectivity index (χ3v) is 4.56. The molecule has 136 valence electrons. The summed E-state index contributed by atoms with van der Waals surface area (Å²) in [5.74, 6) is 0.482. The highest BCUT2D eigenvalue weighted by Gasteiger charge is 2.31. The minimum absolute atomic E-state index is 0.0717. The second-order valence-electron chi connectivity index (χ2n) is 6.67. The Kier molecular flexibility index (Phi) is 5.26. The van der Waals surface area contributed by atoms with Crippen LogP contribution in [0.15, 0.2) is 48.5 Å². The highest BCUT2D eigenvalue weighted by molar-refractivity contribution is 6.00. The molecule has 1 aliphatic rings. The van der Waals surface area contributed by atoms with Crippen LogP contribution in [0.4, 0.5) is 5.69 Å². The Morgan fingerprint density at radius 2 is 1.96 bits per heavy atom. The van der Waals surface area contributed by atoms with Crippen molar-refractivity contribution in [3.05, 3.63) is 59.7 Å². The van der Waals surface area contributed by atoms with Gasteiger partial charge in [-0.1, -0.05) is 36.4 Å². The molecule has 0 aliphatic carbocycles.